The van der Waals surface area contributed by atoms with E-state index in [1.807, 2.05) is 38.1 Å². The number of carbonyl (C=O) groups excluding carboxylic acids is 1. The molecule has 1 amide bonds. The second kappa shape index (κ2) is 7.31. The number of halogens is 1. The summed E-state index contributed by atoms with van der Waals surface area (Å²) >= 11 is 6.13. The second-order valence-corrected chi connectivity index (χ2v) is 8.63. The molecular weight excluding hydrogens is 422 g/mol. The Morgan fingerprint density at radius 1 is 1.32 bits per heavy atom. The zero-order valence-electron chi connectivity index (χ0n) is 13.9. The van der Waals surface area contributed by atoms with Gasteiger partial charge in [0, 0.05) is 22.1 Å². The van der Waals surface area contributed by atoms with Crippen molar-refractivity contribution in [3.05, 3.63) is 49.5 Å². The maximum Gasteiger partial charge on any atom is 0.262 e. The first-order chi connectivity index (χ1) is 11.9. The van der Waals surface area contributed by atoms with E-state index >= 15 is 0 Å². The van der Waals surface area contributed by atoms with Gasteiger partial charge >= 0.3 is 0 Å². The fraction of sp³-hybridized carbons (Fsp3) is 0.235. The summed E-state index contributed by atoms with van der Waals surface area (Å²) in [5.41, 5.74) is 1.65. The van der Waals surface area contributed by atoms with Crippen LogP contribution in [0.4, 0.5) is 5.69 Å². The Morgan fingerprint density at radius 2 is 2.00 bits per heavy atom. The summed E-state index contributed by atoms with van der Waals surface area (Å²) in [6.45, 7) is 3.93. The minimum absolute atomic E-state index is 0.0670. The van der Waals surface area contributed by atoms with E-state index in [4.69, 9.17) is 0 Å². The Bertz CT molecular complexity index is 1010. The molecule has 0 unspecified atom stereocenters. The summed E-state index contributed by atoms with van der Waals surface area (Å²) in [6, 6.07) is 7.38. The zero-order valence-corrected chi connectivity index (χ0v) is 17.1. The van der Waals surface area contributed by atoms with Crippen LogP contribution in [0.5, 0.6) is 0 Å². The number of nitrogens with zero attached hydrogens (tertiary/aromatic N) is 2. The Balaban J connectivity index is 1.77. The standard InChI is InChI=1S/C17H16BrN3O2S2/c1-9-10(2)25-15-14(9)16(23)21(3)17(20-15)24-8-13(22)19-12-6-4-11(18)5-7-12/h4-7H,8H2,1-3H3,(H,19,22). The fourth-order valence-electron chi connectivity index (χ4n) is 2.35. The molecule has 0 saturated heterocycles. The maximum absolute atomic E-state index is 12.6. The van der Waals surface area contributed by atoms with Gasteiger partial charge in [0.25, 0.3) is 5.56 Å². The van der Waals surface area contributed by atoms with Gasteiger partial charge in [-0.3, -0.25) is 14.2 Å². The van der Waals surface area contributed by atoms with Crippen molar-refractivity contribution < 1.29 is 4.79 Å². The molecule has 0 bridgehead atoms. The number of amides is 1. The molecule has 1 N–H and O–H groups in total. The van der Waals surface area contributed by atoms with Crippen molar-refractivity contribution in [1.82, 2.24) is 9.55 Å². The van der Waals surface area contributed by atoms with Crippen LogP contribution in [0.3, 0.4) is 0 Å². The Kier molecular flexibility index (Phi) is 5.31. The number of thioether (sulfide) groups is 1. The number of aromatic nitrogens is 2. The number of fused-ring (bicyclic) bond motifs is 1. The molecule has 0 aliphatic carbocycles. The topological polar surface area (TPSA) is 64.0 Å². The van der Waals surface area contributed by atoms with Gasteiger partial charge < -0.3 is 5.32 Å². The van der Waals surface area contributed by atoms with Gasteiger partial charge in [-0.15, -0.1) is 11.3 Å². The van der Waals surface area contributed by atoms with Gasteiger partial charge in [0.1, 0.15) is 4.83 Å². The van der Waals surface area contributed by atoms with Crippen molar-refractivity contribution in [1.29, 1.82) is 0 Å². The molecule has 3 aromatic rings. The molecule has 0 aliphatic rings. The largest absolute Gasteiger partial charge is 0.325 e. The third-order valence-corrected chi connectivity index (χ3v) is 6.49. The van der Waals surface area contributed by atoms with Gasteiger partial charge in [0.05, 0.1) is 11.1 Å². The lowest BCUT2D eigenvalue weighted by atomic mass is 10.2. The van der Waals surface area contributed by atoms with Crippen molar-refractivity contribution in [3.63, 3.8) is 0 Å². The number of rotatable bonds is 4. The molecule has 3 rings (SSSR count). The first kappa shape index (κ1) is 18.2. The highest BCUT2D eigenvalue weighted by atomic mass is 79.9. The minimum atomic E-state index is -0.139. The molecule has 0 saturated carbocycles. The number of hydrogen-bond acceptors (Lipinski definition) is 5. The third-order valence-electron chi connectivity index (χ3n) is 3.83. The smallest absolute Gasteiger partial charge is 0.262 e. The summed E-state index contributed by atoms with van der Waals surface area (Å²) in [7, 11) is 1.69. The van der Waals surface area contributed by atoms with Crippen LogP contribution in [0.25, 0.3) is 10.2 Å². The lowest BCUT2D eigenvalue weighted by molar-refractivity contribution is -0.113. The van der Waals surface area contributed by atoms with Crippen LogP contribution < -0.4 is 10.9 Å². The van der Waals surface area contributed by atoms with E-state index in [0.29, 0.717) is 10.5 Å². The summed E-state index contributed by atoms with van der Waals surface area (Å²) in [5.74, 6) is 0.0470. The van der Waals surface area contributed by atoms with Crippen molar-refractivity contribution in [2.45, 2.75) is 19.0 Å². The molecule has 1 aromatic carbocycles. The lowest BCUT2D eigenvalue weighted by Crippen LogP contribution is -2.21. The number of benzene rings is 1. The number of carbonyl (C=O) groups is 1. The highest BCUT2D eigenvalue weighted by Gasteiger charge is 2.15. The van der Waals surface area contributed by atoms with Crippen molar-refractivity contribution in [3.8, 4) is 0 Å². The Labute approximate surface area is 161 Å². The molecule has 0 radical (unpaired) electrons. The minimum Gasteiger partial charge on any atom is -0.325 e. The molecular formula is C17H16BrN3O2S2. The summed E-state index contributed by atoms with van der Waals surface area (Å²) in [5, 5.41) is 4.05. The van der Waals surface area contributed by atoms with Crippen molar-refractivity contribution >= 4 is 60.8 Å². The van der Waals surface area contributed by atoms with Crippen LogP contribution >= 0.6 is 39.0 Å². The number of nitrogens with one attached hydrogen (secondary N) is 1. The van der Waals surface area contributed by atoms with Crippen LogP contribution in [-0.4, -0.2) is 21.2 Å². The lowest BCUT2D eigenvalue weighted by Gasteiger charge is -2.08. The van der Waals surface area contributed by atoms with E-state index in [-0.39, 0.29) is 17.2 Å². The molecule has 0 aliphatic heterocycles. The fourth-order valence-corrected chi connectivity index (χ4v) is 4.45. The second-order valence-electron chi connectivity index (χ2n) is 5.57. The SMILES string of the molecule is Cc1sc2nc(SCC(=O)Nc3ccc(Br)cc3)n(C)c(=O)c2c1C. The van der Waals surface area contributed by atoms with Gasteiger partial charge in [0.2, 0.25) is 5.91 Å². The molecule has 8 heteroatoms. The molecule has 5 nitrogen and oxygen atoms in total. The van der Waals surface area contributed by atoms with Gasteiger partial charge in [-0.1, -0.05) is 27.7 Å². The van der Waals surface area contributed by atoms with E-state index in [9.17, 15) is 9.59 Å². The van der Waals surface area contributed by atoms with Crippen LogP contribution in [0.2, 0.25) is 0 Å². The number of hydrogen-bond donors (Lipinski definition) is 1. The van der Waals surface area contributed by atoms with E-state index in [2.05, 4.69) is 26.2 Å². The summed E-state index contributed by atoms with van der Waals surface area (Å²) in [6.07, 6.45) is 0. The Hall–Kier alpha value is -1.64. The molecule has 0 spiro atoms. The zero-order chi connectivity index (χ0) is 18.1. The van der Waals surface area contributed by atoms with Crippen molar-refractivity contribution in [2.75, 3.05) is 11.1 Å². The van der Waals surface area contributed by atoms with Gasteiger partial charge in [-0.25, -0.2) is 4.98 Å². The van der Waals surface area contributed by atoms with Gasteiger partial charge in [0.15, 0.2) is 5.16 Å². The number of anilines is 1. The molecule has 2 aromatic heterocycles. The van der Waals surface area contributed by atoms with Gasteiger partial charge in [-0.05, 0) is 43.7 Å². The first-order valence-electron chi connectivity index (χ1n) is 7.51. The third kappa shape index (κ3) is 3.80. The van der Waals surface area contributed by atoms with Crippen LogP contribution in [-0.2, 0) is 11.8 Å². The van der Waals surface area contributed by atoms with E-state index in [1.54, 1.807) is 7.05 Å². The van der Waals surface area contributed by atoms with E-state index in [1.165, 1.54) is 27.7 Å². The first-order valence-corrected chi connectivity index (χ1v) is 10.1. The average Bonchev–Trinajstić information content (AvgIpc) is 2.86. The van der Waals surface area contributed by atoms with Crippen molar-refractivity contribution in [2.24, 2.45) is 7.05 Å². The highest BCUT2D eigenvalue weighted by molar-refractivity contribution is 9.10. The normalized spacial score (nSPS) is 11.0. The van der Waals surface area contributed by atoms with E-state index < -0.39 is 0 Å². The molecule has 2 heterocycles. The molecule has 0 fully saturated rings. The number of thiophene rings is 1. The van der Waals surface area contributed by atoms with Crippen LogP contribution in [0.15, 0.2) is 38.7 Å². The van der Waals surface area contributed by atoms with Crippen LogP contribution in [0.1, 0.15) is 10.4 Å². The van der Waals surface area contributed by atoms with E-state index in [0.717, 1.165) is 25.4 Å². The highest BCUT2D eigenvalue weighted by Crippen LogP contribution is 2.28. The predicted molar refractivity (Wildman–Crippen MR) is 108 cm³/mol. The predicted octanol–water partition coefficient (Wildman–Crippen LogP) is 4.11. The summed E-state index contributed by atoms with van der Waals surface area (Å²) in [4.78, 5) is 31.1. The average molecular weight is 438 g/mol. The maximum atomic E-state index is 12.6. The molecule has 0 atom stereocenters. The number of aryl methyl sites for hydroxylation is 2. The van der Waals surface area contributed by atoms with Gasteiger partial charge in [-0.2, -0.15) is 0 Å². The molecule has 130 valence electrons. The van der Waals surface area contributed by atoms with Crippen LogP contribution in [0, 0.1) is 13.8 Å². The Morgan fingerprint density at radius 3 is 2.68 bits per heavy atom. The molecule has 25 heavy (non-hydrogen) atoms. The summed E-state index contributed by atoms with van der Waals surface area (Å²) < 4.78 is 2.47. The quantitative estimate of drug-likeness (QED) is 0.492. The monoisotopic (exact) mass is 437 g/mol.